The van der Waals surface area contributed by atoms with E-state index in [0.717, 1.165) is 18.4 Å². The van der Waals surface area contributed by atoms with Crippen molar-refractivity contribution in [2.45, 2.75) is 58.3 Å². The molecule has 2 rings (SSSR count). The van der Waals surface area contributed by atoms with E-state index in [0.29, 0.717) is 11.8 Å². The summed E-state index contributed by atoms with van der Waals surface area (Å²) in [5, 5.41) is 0. The molecule has 0 aromatic heterocycles. The maximum atomic E-state index is 6.08. The number of hydrogen-bond acceptors (Lipinski definition) is 1. The molecule has 0 radical (unpaired) electrons. The first-order chi connectivity index (χ1) is 9.11. The van der Waals surface area contributed by atoms with E-state index in [1.165, 1.54) is 36.8 Å². The average molecular weight is 259 g/mol. The van der Waals surface area contributed by atoms with Crippen LogP contribution in [0.3, 0.4) is 0 Å². The van der Waals surface area contributed by atoms with Crippen LogP contribution in [0, 0.1) is 11.8 Å². The van der Waals surface area contributed by atoms with E-state index in [1.54, 1.807) is 0 Å². The summed E-state index contributed by atoms with van der Waals surface area (Å²) < 4.78 is 0. The van der Waals surface area contributed by atoms with Crippen molar-refractivity contribution in [2.75, 3.05) is 6.54 Å². The molecule has 0 spiro atoms. The molecule has 106 valence electrons. The molecule has 2 N–H and O–H groups in total. The van der Waals surface area contributed by atoms with Crippen LogP contribution in [0.25, 0.3) is 0 Å². The molecule has 1 fully saturated rings. The first kappa shape index (κ1) is 14.6. The standard InChI is InChI=1S/C18H29N/c1-13(2)15-7-9-16(10-8-15)18(12-19)17-6-4-5-14(3)11-17/h7-10,13-14,17-18H,4-6,11-12,19H2,1-3H3. The molecule has 3 atom stereocenters. The highest BCUT2D eigenvalue weighted by Crippen LogP contribution is 2.38. The van der Waals surface area contributed by atoms with Gasteiger partial charge in [0.2, 0.25) is 0 Å². The Morgan fingerprint density at radius 2 is 1.74 bits per heavy atom. The Kier molecular flexibility index (Phi) is 5.04. The van der Waals surface area contributed by atoms with Crippen molar-refractivity contribution >= 4 is 0 Å². The van der Waals surface area contributed by atoms with E-state index in [9.17, 15) is 0 Å². The summed E-state index contributed by atoms with van der Waals surface area (Å²) in [7, 11) is 0. The van der Waals surface area contributed by atoms with Gasteiger partial charge in [0.15, 0.2) is 0 Å². The van der Waals surface area contributed by atoms with E-state index in [-0.39, 0.29) is 0 Å². The first-order valence-corrected chi connectivity index (χ1v) is 7.91. The predicted octanol–water partition coefficient (Wildman–Crippen LogP) is 4.68. The second-order valence-corrected chi connectivity index (χ2v) is 6.70. The zero-order chi connectivity index (χ0) is 13.8. The highest BCUT2D eigenvalue weighted by Gasteiger charge is 2.26. The quantitative estimate of drug-likeness (QED) is 0.835. The third-order valence-corrected chi connectivity index (χ3v) is 4.83. The van der Waals surface area contributed by atoms with E-state index in [1.807, 2.05) is 0 Å². The molecule has 1 aromatic carbocycles. The van der Waals surface area contributed by atoms with Crippen molar-refractivity contribution in [2.24, 2.45) is 17.6 Å². The number of hydrogen-bond donors (Lipinski definition) is 1. The molecule has 0 bridgehead atoms. The van der Waals surface area contributed by atoms with Crippen molar-refractivity contribution in [3.63, 3.8) is 0 Å². The Morgan fingerprint density at radius 1 is 1.11 bits per heavy atom. The van der Waals surface area contributed by atoms with Crippen molar-refractivity contribution in [3.05, 3.63) is 35.4 Å². The fourth-order valence-corrected chi connectivity index (χ4v) is 3.58. The average Bonchev–Trinajstić information content (AvgIpc) is 2.40. The Balaban J connectivity index is 2.12. The van der Waals surface area contributed by atoms with Gasteiger partial charge in [0, 0.05) is 0 Å². The van der Waals surface area contributed by atoms with Gasteiger partial charge in [-0.15, -0.1) is 0 Å². The number of nitrogens with two attached hydrogens (primary N) is 1. The van der Waals surface area contributed by atoms with E-state index < -0.39 is 0 Å². The zero-order valence-corrected chi connectivity index (χ0v) is 12.7. The SMILES string of the molecule is CC1CCCC(C(CN)c2ccc(C(C)C)cc2)C1. The Hall–Kier alpha value is -0.820. The lowest BCUT2D eigenvalue weighted by Gasteiger charge is -2.33. The van der Waals surface area contributed by atoms with E-state index in [2.05, 4.69) is 45.0 Å². The molecule has 1 nitrogen and oxygen atoms in total. The van der Waals surface area contributed by atoms with Gasteiger partial charge in [-0.2, -0.15) is 0 Å². The molecule has 1 aliphatic rings. The van der Waals surface area contributed by atoms with E-state index in [4.69, 9.17) is 5.73 Å². The molecule has 1 aliphatic carbocycles. The largest absolute Gasteiger partial charge is 0.330 e. The second kappa shape index (κ2) is 6.56. The smallest absolute Gasteiger partial charge is 0.000556 e. The fraction of sp³-hybridized carbons (Fsp3) is 0.667. The summed E-state index contributed by atoms with van der Waals surface area (Å²) in [6.07, 6.45) is 5.50. The van der Waals surface area contributed by atoms with Crippen LogP contribution in [-0.4, -0.2) is 6.54 Å². The van der Waals surface area contributed by atoms with Gasteiger partial charge in [-0.3, -0.25) is 0 Å². The van der Waals surface area contributed by atoms with Gasteiger partial charge in [0.1, 0.15) is 0 Å². The summed E-state index contributed by atoms with van der Waals surface area (Å²) in [5.74, 6) is 2.84. The molecule has 0 saturated heterocycles. The molecule has 0 aliphatic heterocycles. The van der Waals surface area contributed by atoms with Crippen LogP contribution < -0.4 is 5.73 Å². The van der Waals surface area contributed by atoms with Crippen LogP contribution in [0.15, 0.2) is 24.3 Å². The summed E-state index contributed by atoms with van der Waals surface area (Å²) in [6, 6.07) is 9.20. The minimum absolute atomic E-state index is 0.559. The van der Waals surface area contributed by atoms with Gasteiger partial charge in [0.25, 0.3) is 0 Å². The van der Waals surface area contributed by atoms with Gasteiger partial charge in [-0.25, -0.2) is 0 Å². The zero-order valence-electron chi connectivity index (χ0n) is 12.7. The molecule has 3 unspecified atom stereocenters. The van der Waals surface area contributed by atoms with E-state index >= 15 is 0 Å². The molecular formula is C18H29N. The molecule has 1 saturated carbocycles. The Labute approximate surface area is 118 Å². The molecule has 1 aromatic rings. The Bertz CT molecular complexity index is 379. The van der Waals surface area contributed by atoms with Crippen LogP contribution in [0.2, 0.25) is 0 Å². The van der Waals surface area contributed by atoms with Crippen LogP contribution in [0.5, 0.6) is 0 Å². The molecule has 1 heteroatoms. The monoisotopic (exact) mass is 259 g/mol. The number of benzene rings is 1. The lowest BCUT2D eigenvalue weighted by Crippen LogP contribution is -2.26. The van der Waals surface area contributed by atoms with Crippen molar-refractivity contribution in [1.82, 2.24) is 0 Å². The van der Waals surface area contributed by atoms with Crippen LogP contribution in [0.1, 0.15) is 69.4 Å². The van der Waals surface area contributed by atoms with Crippen molar-refractivity contribution in [3.8, 4) is 0 Å². The second-order valence-electron chi connectivity index (χ2n) is 6.70. The van der Waals surface area contributed by atoms with Gasteiger partial charge in [0.05, 0.1) is 0 Å². The molecule has 19 heavy (non-hydrogen) atoms. The molecule has 0 heterocycles. The minimum atomic E-state index is 0.559. The topological polar surface area (TPSA) is 26.0 Å². The predicted molar refractivity (Wildman–Crippen MR) is 83.4 cm³/mol. The van der Waals surface area contributed by atoms with Gasteiger partial charge in [-0.1, -0.05) is 57.9 Å². The lowest BCUT2D eigenvalue weighted by molar-refractivity contribution is 0.248. The van der Waals surface area contributed by atoms with Gasteiger partial charge < -0.3 is 5.73 Å². The van der Waals surface area contributed by atoms with Gasteiger partial charge in [-0.05, 0) is 54.2 Å². The summed E-state index contributed by atoms with van der Waals surface area (Å²) in [5.41, 5.74) is 8.96. The maximum absolute atomic E-state index is 6.08. The third kappa shape index (κ3) is 3.60. The van der Waals surface area contributed by atoms with Crippen molar-refractivity contribution < 1.29 is 0 Å². The summed E-state index contributed by atoms with van der Waals surface area (Å²) in [6.45, 7) is 7.68. The maximum Gasteiger partial charge on any atom is -0.000556 e. The molecule has 0 amide bonds. The normalized spacial score (nSPS) is 25.5. The first-order valence-electron chi connectivity index (χ1n) is 7.91. The highest BCUT2D eigenvalue weighted by molar-refractivity contribution is 5.28. The summed E-state index contributed by atoms with van der Waals surface area (Å²) in [4.78, 5) is 0. The lowest BCUT2D eigenvalue weighted by atomic mass is 9.73. The molecular weight excluding hydrogens is 230 g/mol. The van der Waals surface area contributed by atoms with Gasteiger partial charge >= 0.3 is 0 Å². The fourth-order valence-electron chi connectivity index (χ4n) is 3.58. The highest BCUT2D eigenvalue weighted by atomic mass is 14.6. The third-order valence-electron chi connectivity index (χ3n) is 4.83. The number of rotatable bonds is 4. The Morgan fingerprint density at radius 3 is 2.26 bits per heavy atom. The van der Waals surface area contributed by atoms with Crippen LogP contribution >= 0.6 is 0 Å². The minimum Gasteiger partial charge on any atom is -0.330 e. The van der Waals surface area contributed by atoms with Crippen molar-refractivity contribution in [1.29, 1.82) is 0 Å². The van der Waals surface area contributed by atoms with Crippen LogP contribution in [0.4, 0.5) is 0 Å². The summed E-state index contributed by atoms with van der Waals surface area (Å²) >= 11 is 0. The van der Waals surface area contributed by atoms with Crippen LogP contribution in [-0.2, 0) is 0 Å².